The first-order chi connectivity index (χ1) is 9.16. The average molecular weight is 279 g/mol. The van der Waals surface area contributed by atoms with Gasteiger partial charge in [-0.15, -0.1) is 0 Å². The molecule has 2 unspecified atom stereocenters. The fourth-order valence-electron chi connectivity index (χ4n) is 2.14. The fourth-order valence-corrected chi connectivity index (χ4v) is 3.36. The number of carbonyl (C=O) groups is 2. The highest BCUT2D eigenvalue weighted by molar-refractivity contribution is 7.99. The molecule has 1 aliphatic rings. The van der Waals surface area contributed by atoms with E-state index >= 15 is 0 Å². The largest absolute Gasteiger partial charge is 0.481 e. The molecule has 0 saturated carbocycles. The molecule has 1 amide bonds. The molecule has 1 fully saturated rings. The number of amides is 1. The molecular weight excluding hydrogens is 262 g/mol. The molecular formula is C14H17NO3S. The van der Waals surface area contributed by atoms with Gasteiger partial charge in [-0.1, -0.05) is 30.3 Å². The first-order valence-electron chi connectivity index (χ1n) is 6.31. The second-order valence-electron chi connectivity index (χ2n) is 4.63. The minimum absolute atomic E-state index is 0.0185. The van der Waals surface area contributed by atoms with Crippen LogP contribution in [-0.4, -0.2) is 28.5 Å². The van der Waals surface area contributed by atoms with Crippen LogP contribution in [0, 0.1) is 5.92 Å². The molecule has 2 atom stereocenters. The van der Waals surface area contributed by atoms with Gasteiger partial charge in [-0.25, -0.2) is 0 Å². The second-order valence-corrected chi connectivity index (χ2v) is 5.78. The third-order valence-corrected chi connectivity index (χ3v) is 4.36. The van der Waals surface area contributed by atoms with Crippen molar-refractivity contribution >= 4 is 23.6 Å². The quantitative estimate of drug-likeness (QED) is 0.866. The number of rotatable bonds is 5. The molecule has 1 heterocycles. The Bertz CT molecular complexity index is 443. The maximum atomic E-state index is 12.1. The number of carbonyl (C=O) groups excluding carboxylic acids is 1. The van der Waals surface area contributed by atoms with E-state index in [9.17, 15) is 9.59 Å². The summed E-state index contributed by atoms with van der Waals surface area (Å²) < 4.78 is 0. The van der Waals surface area contributed by atoms with Crippen molar-refractivity contribution in [1.82, 2.24) is 5.32 Å². The Morgan fingerprint density at radius 1 is 1.37 bits per heavy atom. The number of aliphatic carboxylic acids is 1. The molecule has 0 aromatic heterocycles. The van der Waals surface area contributed by atoms with Crippen LogP contribution in [0.25, 0.3) is 0 Å². The molecule has 19 heavy (non-hydrogen) atoms. The average Bonchev–Trinajstić information content (AvgIpc) is 2.92. The van der Waals surface area contributed by atoms with E-state index in [2.05, 4.69) is 5.32 Å². The molecule has 2 N–H and O–H groups in total. The summed E-state index contributed by atoms with van der Waals surface area (Å²) in [5.41, 5.74) is 0.837. The second kappa shape index (κ2) is 6.61. The first-order valence-corrected chi connectivity index (χ1v) is 7.47. The number of thioether (sulfide) groups is 1. The number of hydrogen-bond donors (Lipinski definition) is 2. The van der Waals surface area contributed by atoms with Crippen LogP contribution in [0.4, 0.5) is 0 Å². The summed E-state index contributed by atoms with van der Waals surface area (Å²) in [6.07, 6.45) is 0.792. The summed E-state index contributed by atoms with van der Waals surface area (Å²) in [5, 5.41) is 11.8. The monoisotopic (exact) mass is 279 g/mol. The predicted molar refractivity (Wildman–Crippen MR) is 75.0 cm³/mol. The van der Waals surface area contributed by atoms with E-state index in [1.807, 2.05) is 30.3 Å². The van der Waals surface area contributed by atoms with Crippen LogP contribution in [0.1, 0.15) is 24.4 Å². The molecule has 5 heteroatoms. The zero-order valence-electron chi connectivity index (χ0n) is 10.5. The smallest absolute Gasteiger partial charge is 0.305 e. The van der Waals surface area contributed by atoms with E-state index in [1.54, 1.807) is 11.8 Å². The van der Waals surface area contributed by atoms with Gasteiger partial charge in [0, 0.05) is 11.7 Å². The van der Waals surface area contributed by atoms with Crippen molar-refractivity contribution in [3.05, 3.63) is 35.9 Å². The molecule has 0 spiro atoms. The Labute approximate surface area is 116 Å². The van der Waals surface area contributed by atoms with Crippen molar-refractivity contribution in [2.24, 2.45) is 5.92 Å². The summed E-state index contributed by atoms with van der Waals surface area (Å²) in [7, 11) is 0. The Balaban J connectivity index is 2.05. The summed E-state index contributed by atoms with van der Waals surface area (Å²) in [4.78, 5) is 23.0. The summed E-state index contributed by atoms with van der Waals surface area (Å²) in [6, 6.07) is 8.81. The lowest BCUT2D eigenvalue weighted by Crippen LogP contribution is -2.35. The lowest BCUT2D eigenvalue weighted by Gasteiger charge is -2.19. The zero-order valence-corrected chi connectivity index (χ0v) is 11.4. The van der Waals surface area contributed by atoms with Crippen LogP contribution in [0.3, 0.4) is 0 Å². The lowest BCUT2D eigenvalue weighted by atomic mass is 10.0. The Kier molecular flexibility index (Phi) is 4.85. The van der Waals surface area contributed by atoms with Crippen LogP contribution in [-0.2, 0) is 9.59 Å². The summed E-state index contributed by atoms with van der Waals surface area (Å²) in [6.45, 7) is 0. The number of carboxylic acids is 1. The molecule has 102 valence electrons. The number of nitrogens with one attached hydrogen (secondary N) is 1. The minimum Gasteiger partial charge on any atom is -0.481 e. The van der Waals surface area contributed by atoms with Gasteiger partial charge in [0.1, 0.15) is 0 Å². The van der Waals surface area contributed by atoms with Gasteiger partial charge in [-0.3, -0.25) is 9.59 Å². The van der Waals surface area contributed by atoms with Gasteiger partial charge in [-0.05, 0) is 17.7 Å². The molecule has 4 nitrogen and oxygen atoms in total. The Morgan fingerprint density at radius 3 is 2.68 bits per heavy atom. The molecule has 1 aliphatic heterocycles. The molecule has 2 rings (SSSR count). The number of carboxylic acid groups (broad SMARTS) is 1. The fraction of sp³-hybridized carbons (Fsp3) is 0.429. The van der Waals surface area contributed by atoms with Crippen LogP contribution >= 0.6 is 11.8 Å². The Hall–Kier alpha value is -1.49. The highest BCUT2D eigenvalue weighted by Gasteiger charge is 2.26. The summed E-state index contributed by atoms with van der Waals surface area (Å²) in [5.74, 6) is 0.924. The van der Waals surface area contributed by atoms with E-state index in [-0.39, 0.29) is 18.2 Å². The lowest BCUT2D eigenvalue weighted by molar-refractivity contribution is -0.137. The van der Waals surface area contributed by atoms with Crippen LogP contribution in [0.2, 0.25) is 0 Å². The van der Waals surface area contributed by atoms with Gasteiger partial charge >= 0.3 is 5.97 Å². The zero-order chi connectivity index (χ0) is 13.7. The van der Waals surface area contributed by atoms with Crippen molar-refractivity contribution in [1.29, 1.82) is 0 Å². The first kappa shape index (κ1) is 13.9. The van der Waals surface area contributed by atoms with Gasteiger partial charge in [0.25, 0.3) is 0 Å². The molecule has 1 aromatic rings. The van der Waals surface area contributed by atoms with Crippen molar-refractivity contribution in [2.75, 3.05) is 11.5 Å². The minimum atomic E-state index is -0.907. The SMILES string of the molecule is O=C(O)CC(NC(=O)C1CCSC1)c1ccccc1. The van der Waals surface area contributed by atoms with Crippen LogP contribution in [0.5, 0.6) is 0 Å². The number of hydrogen-bond acceptors (Lipinski definition) is 3. The van der Waals surface area contributed by atoms with E-state index < -0.39 is 12.0 Å². The Morgan fingerprint density at radius 2 is 2.11 bits per heavy atom. The third kappa shape index (κ3) is 3.99. The molecule has 1 saturated heterocycles. The molecule has 0 aliphatic carbocycles. The maximum Gasteiger partial charge on any atom is 0.305 e. The maximum absolute atomic E-state index is 12.1. The standard InChI is InChI=1S/C14H17NO3S/c16-13(17)8-12(10-4-2-1-3-5-10)15-14(18)11-6-7-19-9-11/h1-5,11-12H,6-9H2,(H,15,18)(H,16,17). The highest BCUT2D eigenvalue weighted by atomic mass is 32.2. The van der Waals surface area contributed by atoms with Crippen LogP contribution in [0.15, 0.2) is 30.3 Å². The van der Waals surface area contributed by atoms with Gasteiger partial charge in [0.15, 0.2) is 0 Å². The van der Waals surface area contributed by atoms with Crippen molar-refractivity contribution < 1.29 is 14.7 Å². The van der Waals surface area contributed by atoms with E-state index in [0.717, 1.165) is 23.5 Å². The molecule has 1 aromatic carbocycles. The van der Waals surface area contributed by atoms with Gasteiger partial charge in [0.2, 0.25) is 5.91 Å². The van der Waals surface area contributed by atoms with Crippen molar-refractivity contribution in [2.45, 2.75) is 18.9 Å². The van der Waals surface area contributed by atoms with E-state index in [4.69, 9.17) is 5.11 Å². The van der Waals surface area contributed by atoms with E-state index in [1.165, 1.54) is 0 Å². The van der Waals surface area contributed by atoms with Gasteiger partial charge < -0.3 is 10.4 Å². The third-order valence-electron chi connectivity index (χ3n) is 3.20. The molecule has 0 radical (unpaired) electrons. The van der Waals surface area contributed by atoms with Gasteiger partial charge in [0.05, 0.1) is 12.5 Å². The van der Waals surface area contributed by atoms with E-state index in [0.29, 0.717) is 0 Å². The van der Waals surface area contributed by atoms with Crippen molar-refractivity contribution in [3.8, 4) is 0 Å². The molecule has 0 bridgehead atoms. The predicted octanol–water partition coefficient (Wildman–Crippen LogP) is 2.07. The topological polar surface area (TPSA) is 66.4 Å². The number of benzene rings is 1. The van der Waals surface area contributed by atoms with Gasteiger partial charge in [-0.2, -0.15) is 11.8 Å². The summed E-state index contributed by atoms with van der Waals surface area (Å²) >= 11 is 1.77. The highest BCUT2D eigenvalue weighted by Crippen LogP contribution is 2.25. The van der Waals surface area contributed by atoms with Crippen LogP contribution < -0.4 is 5.32 Å². The normalized spacial score (nSPS) is 19.9. The van der Waals surface area contributed by atoms with Crippen molar-refractivity contribution in [3.63, 3.8) is 0 Å².